The van der Waals surface area contributed by atoms with Gasteiger partial charge in [0.15, 0.2) is 0 Å². The van der Waals surface area contributed by atoms with Crippen molar-refractivity contribution >= 4 is 146 Å². The molecule has 0 spiro atoms. The second-order valence-electron chi connectivity index (χ2n) is 36.9. The predicted octanol–water partition coefficient (Wildman–Crippen LogP) is -2.02. The van der Waals surface area contributed by atoms with Gasteiger partial charge in [-0.15, -0.1) is 11.8 Å². The van der Waals surface area contributed by atoms with E-state index >= 15 is 57.5 Å². The molecule has 15 atom stereocenters. The molecule has 4 saturated heterocycles. The molecule has 4 aliphatic heterocycles. The number of aliphatic hydroxyl groups excluding tert-OH is 1. The number of piperidine rings is 1. The molecule has 0 radical (unpaired) electrons. The maximum absolute atomic E-state index is 16.1. The fraction of sp³-hybridized carbons (Fsp3) is 0.546. The van der Waals surface area contributed by atoms with E-state index in [2.05, 4.69) is 68.1 Å². The van der Waals surface area contributed by atoms with Crippen LogP contribution in [0.3, 0.4) is 0 Å². The van der Waals surface area contributed by atoms with Crippen LogP contribution in [0.25, 0.3) is 21.8 Å². The molecule has 10 rings (SSSR count). The van der Waals surface area contributed by atoms with Crippen LogP contribution in [0.4, 0.5) is 0 Å². The molecule has 0 unspecified atom stereocenters. The Morgan fingerprint density at radius 2 is 1.04 bits per heavy atom. The largest absolute Gasteiger partial charge is 0.508 e. The van der Waals surface area contributed by atoms with Gasteiger partial charge in [0.1, 0.15) is 96.9 Å². The Kier molecular flexibility index (Phi) is 42.3. The van der Waals surface area contributed by atoms with E-state index < -0.39 is 266 Å². The highest BCUT2D eigenvalue weighted by molar-refractivity contribution is 8.00. The molecule has 3 aromatic heterocycles. The highest BCUT2D eigenvalue weighted by atomic mass is 32.2. The lowest BCUT2D eigenvalue weighted by Gasteiger charge is -2.38. The van der Waals surface area contributed by atoms with E-state index in [1.54, 1.807) is 61.7 Å². The number of phenolic OH excluding ortho intramolecular Hbond substituents is 1. The number of thioether (sulfide) groups is 1. The SMILES string of the molecule is CCCC[C@H]1C(=O)N(C)[C@@H](CCCC)C(=O)N[C@@H](CCC(=O)O)C(=O)N[C@H](C(=O)NCC(N)=O)CSCC(=O)N[C@@H](Cc2ccc(O)cc2)C(=O)N2CCCC[C@H]2C(=O)N[C@@H](CC(N)=O)C(=O)N2CCC[C@H]2C(=O)N[C@@H](Cc2cnc[nH]2)C(=O)N[C@@H](CCCCN)C(=O)N2C[C@H](O)C[C@H]2C(=O)N[C@@H](Cc2c[nH]c3ccccc23)C(=O)N[C@@H](CCCCN)C(=O)N[C@@H](Cc2cn(CC(=O)O)c3ccccc23)C(=O)N1C. The minimum atomic E-state index is -1.82. The summed E-state index contributed by atoms with van der Waals surface area (Å²) in [6, 6.07) is -2.95. The number of aliphatic hydroxyl groups is 1. The zero-order chi connectivity index (χ0) is 105. The number of aromatic nitrogens is 4. The number of likely N-dealkylation sites (N-methyl/N-ethyl adjacent to an activating group) is 2. The van der Waals surface area contributed by atoms with E-state index in [4.69, 9.17) is 22.9 Å². The van der Waals surface area contributed by atoms with Gasteiger partial charge in [-0.2, -0.15) is 0 Å². The number of aromatic hydroxyl groups is 1. The molecule has 17 amide bonds. The van der Waals surface area contributed by atoms with E-state index in [0.29, 0.717) is 76.3 Å². The summed E-state index contributed by atoms with van der Waals surface area (Å²) in [6.45, 7) is 1.80. The third-order valence-electron chi connectivity index (χ3n) is 26.3. The Balaban J connectivity index is 1.06. The van der Waals surface area contributed by atoms with E-state index in [-0.39, 0.29) is 128 Å². The number of H-pyrrole nitrogens is 2. The number of primary amides is 2. The Bertz CT molecular complexity index is 5540. The number of nitrogens with zero attached hydrogens (tertiary/aromatic N) is 7. The number of fused-ring (bicyclic) bond motifs is 5. The summed E-state index contributed by atoms with van der Waals surface area (Å²) in [5.74, 6) is -20.3. The van der Waals surface area contributed by atoms with Crippen molar-refractivity contribution < 1.29 is 112 Å². The molecule has 47 heteroatoms. The number of benzene rings is 3. The van der Waals surface area contributed by atoms with Gasteiger partial charge in [-0.05, 0) is 144 Å². The molecular weight excluding hydrogens is 1890 g/mol. The molecule has 4 fully saturated rings. The normalized spacial score (nSPS) is 24.4. The van der Waals surface area contributed by atoms with Crippen molar-refractivity contribution in [2.24, 2.45) is 22.9 Å². The van der Waals surface area contributed by atoms with Crippen LogP contribution >= 0.6 is 11.8 Å². The molecule has 0 saturated carbocycles. The van der Waals surface area contributed by atoms with Crippen molar-refractivity contribution in [3.63, 3.8) is 0 Å². The van der Waals surface area contributed by atoms with Crippen molar-refractivity contribution in [3.05, 3.63) is 120 Å². The summed E-state index contributed by atoms with van der Waals surface area (Å²) < 4.78 is 1.43. The van der Waals surface area contributed by atoms with Crippen LogP contribution in [0.15, 0.2) is 97.7 Å². The van der Waals surface area contributed by atoms with Crippen molar-refractivity contribution in [3.8, 4) is 5.75 Å². The molecular formula is C97H135N23O23S. The molecule has 6 aromatic rings. The average Bonchev–Trinajstić information content (AvgIpc) is 1.50. The topological polar surface area (TPSA) is 695 Å². The van der Waals surface area contributed by atoms with Gasteiger partial charge in [0.2, 0.25) is 100 Å². The average molecular weight is 2020 g/mol. The molecule has 4 aliphatic rings. The number of hydrogen-bond donors (Lipinski definition) is 20. The van der Waals surface area contributed by atoms with Crippen molar-refractivity contribution in [1.82, 2.24) is 97.2 Å². The Morgan fingerprint density at radius 1 is 0.500 bits per heavy atom. The first-order chi connectivity index (χ1) is 68.9. The van der Waals surface area contributed by atoms with E-state index in [9.17, 15) is 54.0 Å². The maximum Gasteiger partial charge on any atom is 0.323 e. The number of nitrogens with two attached hydrogens (primary N) is 4. The number of rotatable bonds is 32. The van der Waals surface area contributed by atoms with Crippen LogP contribution < -0.4 is 76.1 Å². The number of phenols is 1. The minimum Gasteiger partial charge on any atom is -0.508 e. The third-order valence-corrected chi connectivity index (χ3v) is 27.3. The fourth-order valence-electron chi connectivity index (χ4n) is 18.6. The fourth-order valence-corrected chi connectivity index (χ4v) is 19.5. The van der Waals surface area contributed by atoms with E-state index in [1.165, 1.54) is 66.5 Å². The number of nitrogens with one attached hydrogen (secondary N) is 12. The number of carbonyl (C=O) groups is 19. The number of para-hydroxylation sites is 2. The molecule has 144 heavy (non-hydrogen) atoms. The third kappa shape index (κ3) is 31.2. The first-order valence-electron chi connectivity index (χ1n) is 48.9. The highest BCUT2D eigenvalue weighted by Crippen LogP contribution is 2.30. The lowest BCUT2D eigenvalue weighted by Crippen LogP contribution is -2.61. The summed E-state index contributed by atoms with van der Waals surface area (Å²) in [7, 11) is 2.59. The van der Waals surface area contributed by atoms with Crippen LogP contribution in [0.5, 0.6) is 5.75 Å². The smallest absolute Gasteiger partial charge is 0.323 e. The molecule has 0 aliphatic carbocycles. The zero-order valence-corrected chi connectivity index (χ0v) is 82.1. The molecule has 0 bridgehead atoms. The van der Waals surface area contributed by atoms with Crippen LogP contribution in [-0.2, 0) is 123 Å². The number of imidazole rings is 1. The van der Waals surface area contributed by atoms with Gasteiger partial charge < -0.3 is 136 Å². The number of unbranched alkanes of at least 4 members (excludes halogenated alkanes) is 4. The van der Waals surface area contributed by atoms with Crippen molar-refractivity contribution in [2.75, 3.05) is 64.9 Å². The van der Waals surface area contributed by atoms with Crippen molar-refractivity contribution in [1.29, 1.82) is 0 Å². The van der Waals surface area contributed by atoms with Gasteiger partial charge in [0, 0.05) is 124 Å². The number of carbonyl (C=O) groups excluding carboxylic acids is 17. The van der Waals surface area contributed by atoms with Gasteiger partial charge in [0.25, 0.3) is 0 Å². The number of carboxylic acids is 2. The summed E-state index contributed by atoms with van der Waals surface area (Å²) in [4.78, 5) is 295. The van der Waals surface area contributed by atoms with Gasteiger partial charge in [0.05, 0.1) is 31.1 Å². The number of hydrogen-bond acceptors (Lipinski definition) is 25. The lowest BCUT2D eigenvalue weighted by molar-refractivity contribution is -0.149. The van der Waals surface area contributed by atoms with Gasteiger partial charge in [-0.25, -0.2) is 4.98 Å². The molecule has 46 nitrogen and oxygen atoms in total. The van der Waals surface area contributed by atoms with Crippen LogP contribution in [0.1, 0.15) is 171 Å². The molecule has 24 N–H and O–H groups in total. The summed E-state index contributed by atoms with van der Waals surface area (Å²) in [5, 5.41) is 70.1. The Morgan fingerprint density at radius 3 is 1.68 bits per heavy atom. The number of aromatic amines is 2. The van der Waals surface area contributed by atoms with Gasteiger partial charge in [-0.1, -0.05) is 88.1 Å². The predicted molar refractivity (Wildman–Crippen MR) is 525 cm³/mol. The van der Waals surface area contributed by atoms with Crippen LogP contribution in [-0.4, -0.2) is 332 Å². The summed E-state index contributed by atoms with van der Waals surface area (Å²) >= 11 is 0.718. The highest BCUT2D eigenvalue weighted by Gasteiger charge is 2.48. The number of carboxylic acid groups (broad SMARTS) is 2. The van der Waals surface area contributed by atoms with E-state index in [1.807, 2.05) is 6.92 Å². The van der Waals surface area contributed by atoms with Crippen LogP contribution in [0.2, 0.25) is 0 Å². The number of amides is 17. The first kappa shape index (κ1) is 112. The molecule has 782 valence electrons. The minimum absolute atomic E-state index is 0.0247. The second-order valence-corrected chi connectivity index (χ2v) is 38.0. The maximum atomic E-state index is 16.1. The number of aliphatic carboxylic acids is 2. The zero-order valence-electron chi connectivity index (χ0n) is 81.3. The van der Waals surface area contributed by atoms with Crippen molar-refractivity contribution in [2.45, 2.75) is 272 Å². The van der Waals surface area contributed by atoms with Gasteiger partial charge >= 0.3 is 11.9 Å². The summed E-state index contributed by atoms with van der Waals surface area (Å²) in [5.41, 5.74) is 25.9. The standard InChI is InChI=1S/C97H135N23O23S/c1-5-7-25-74-89(135)108-65(34-35-82(126)127)86(132)114-72(84(130)104-48-80(101)124)52-144-53-81(125)106-69(40-55-30-32-59(121)33-31-55)95(141)118-38-18-15-28-75(118)91(137)113-71(45-79(100)123)96(142)119-39-19-29-76(119)90(136)111-68(43-58-47-102-54-105-58)88(134)109-66(24-14-17-37-99)94(140)120-50-60(122)44-78(120)92(138)110-67(41-56-46-103-63-22-11-9-20-61(56)63)87(133)107-64(23-13-16-36-98)85(131)112-70(93(139)116(4)77(26-8-6-2)97(143)115(74)3)42-57-49-117(51-83(128)129)73-27-12-10-21-62(57)73/h9-12,20-22,27,30-33,46-47,49,54,60,64-72,74-78,103,121-122H,5-8,13-19,23-26,28-29,34-45,48,50-53,98-99H2,1-4H3,(H2,100,123)(H2,101,124)(H,102,105)(H,104,130)(H,106,125)(H,107,133)(H,108,135)(H,109,134)(H,110,138)(H,111,136)(H,112,131)(H,113,137)(H,114,132)(H,126,127)(H,128,129)/t60-,64+,65+,66+,67+,68+,69+,70+,71+,72+,74+,75+,76+,77+,78+/m1/s1. The molecule has 3 aromatic carbocycles. The van der Waals surface area contributed by atoms with Crippen LogP contribution in [0, 0.1) is 0 Å². The first-order valence-corrected chi connectivity index (χ1v) is 50.0. The molecule has 7 heterocycles. The monoisotopic (exact) mass is 2020 g/mol. The quantitative estimate of drug-likeness (QED) is 0.0203. The van der Waals surface area contributed by atoms with Gasteiger partial charge in [-0.3, -0.25) is 91.1 Å². The lowest BCUT2D eigenvalue weighted by atomic mass is 9.97. The Labute approximate surface area is 835 Å². The summed E-state index contributed by atoms with van der Waals surface area (Å²) in [6.07, 6.45) is 3.11. The Hall–Kier alpha value is -14.1. The second kappa shape index (κ2) is 54.4. The van der Waals surface area contributed by atoms with E-state index in [0.717, 1.165) is 31.4 Å².